The van der Waals surface area contributed by atoms with E-state index >= 15 is 0 Å². The third kappa shape index (κ3) is 29.3. The zero-order valence-corrected chi connectivity index (χ0v) is 82.6. The Morgan fingerprint density at radius 3 is 1.03 bits per heavy atom. The van der Waals surface area contributed by atoms with E-state index in [-0.39, 0.29) is 163 Å². The number of alkyl halides is 9. The number of amides is 6. The number of aryl methyl sites for hydroxylation is 5. The van der Waals surface area contributed by atoms with Crippen molar-refractivity contribution in [2.45, 2.75) is 336 Å². The molecule has 0 unspecified atom stereocenters. The molecule has 2 N–H and O–H groups in total. The highest BCUT2D eigenvalue weighted by Crippen LogP contribution is 2.44. The number of pyridine rings is 3. The van der Waals surface area contributed by atoms with Crippen LogP contribution in [0.3, 0.4) is 0 Å². The lowest BCUT2D eigenvalue weighted by molar-refractivity contribution is -0.144. The predicted molar refractivity (Wildman–Crippen MR) is 501 cm³/mol. The molecule has 790 valence electrons. The second-order valence-corrected chi connectivity index (χ2v) is 38.1. The highest BCUT2D eigenvalue weighted by Gasteiger charge is 2.44. The number of nitrogens with zero attached hydrogens (tertiary/aromatic N) is 19. The van der Waals surface area contributed by atoms with E-state index in [0.29, 0.717) is 149 Å². The summed E-state index contributed by atoms with van der Waals surface area (Å²) in [5.41, 5.74) is 0.308. The molecule has 8 aliphatic carbocycles. The summed E-state index contributed by atoms with van der Waals surface area (Å²) in [5, 5.41) is 38.1. The van der Waals surface area contributed by atoms with Crippen molar-refractivity contribution in [3.05, 3.63) is 100 Å². The topological polar surface area (TPSA) is 409 Å². The van der Waals surface area contributed by atoms with Gasteiger partial charge in [-0.1, -0.05) is 72.2 Å². The maximum Gasteiger partial charge on any atom is 0.437 e. The Morgan fingerprint density at radius 2 is 0.669 bits per heavy atom. The van der Waals surface area contributed by atoms with Crippen molar-refractivity contribution < 1.29 is 120 Å². The molecule has 0 radical (unpaired) electrons. The molecule has 7 heterocycles. The first-order valence-electron chi connectivity index (χ1n) is 49.6. The number of nitrogens with one attached hydrogen (secondary N) is 2. The fourth-order valence-electron chi connectivity index (χ4n) is 20.3. The molecule has 0 bridgehead atoms. The summed E-state index contributed by atoms with van der Waals surface area (Å²) >= 11 is 0. The number of hydrogen-bond donors (Lipinski definition) is 2. The van der Waals surface area contributed by atoms with Gasteiger partial charge in [0.05, 0.1) is 52.9 Å². The quantitative estimate of drug-likeness (QED) is 0.0215. The van der Waals surface area contributed by atoms with E-state index < -0.39 is 65.5 Å². The van der Waals surface area contributed by atoms with Crippen molar-refractivity contribution in [3.63, 3.8) is 0 Å². The summed E-state index contributed by atoms with van der Waals surface area (Å²) in [5.74, 6) is -1.55. The van der Waals surface area contributed by atoms with Gasteiger partial charge in [-0.3, -0.25) is 33.4 Å². The normalized spacial score (nSPS) is 20.6. The van der Waals surface area contributed by atoms with Crippen LogP contribution in [0.1, 0.15) is 258 Å². The summed E-state index contributed by atoms with van der Waals surface area (Å²) in [6.07, 6.45) is 9.79. The van der Waals surface area contributed by atoms with Crippen LogP contribution in [0.5, 0.6) is 23.0 Å². The van der Waals surface area contributed by atoms with Crippen molar-refractivity contribution in [1.82, 2.24) is 105 Å². The average molecular weight is 2050 g/mol. The molecule has 0 saturated heterocycles. The lowest BCUT2D eigenvalue weighted by Crippen LogP contribution is -2.42. The molecule has 8 aliphatic rings. The first-order chi connectivity index (χ1) is 69.5. The lowest BCUT2D eigenvalue weighted by Gasteiger charge is -2.29. The summed E-state index contributed by atoms with van der Waals surface area (Å²) in [4.78, 5) is 112. The largest absolute Gasteiger partial charge is 0.488 e. The van der Waals surface area contributed by atoms with Gasteiger partial charge < -0.3 is 68.1 Å². The second kappa shape index (κ2) is 50.7. The zero-order valence-electron chi connectivity index (χ0n) is 82.6. The molecule has 47 heteroatoms. The van der Waals surface area contributed by atoms with E-state index in [0.717, 1.165) is 122 Å². The number of aromatic nitrogens is 15. The lowest BCUT2D eigenvalue weighted by atomic mass is 9.95. The molecule has 16 rings (SSSR count). The molecular weight excluding hydrogens is 1920 g/mol. The third-order valence-electron chi connectivity index (χ3n) is 28.4. The number of benzene rings is 1. The number of hydrogen-bond acceptors (Lipinski definition) is 27. The molecule has 8 atom stereocenters. The molecule has 37 nitrogen and oxygen atoms in total. The molecule has 0 aliphatic heterocycles. The third-order valence-corrected chi connectivity index (χ3v) is 28.4. The SMILES string of the molecule is CN(C(=O)CCc1c(-c2ccc(O[C@H]3CCC[C@H](OC=O)C3)c(C(F)(F)F)n2)nnn1C)C1CCCC1.CN(C(=O)CCc1nnn(C)c1-c1ccc(O[C@H]2CCC[C@H](OC=O)C2)c(C(F)(F)F)n1)C1CCCC1.CN(C(=O)NCc1c(-c2ccc(O[C@H]3CCC[C@H](OC=O)C3)c(C(F)(F)F)n2)nnn1C)C1CCCC1.CN(C(=O)NCc1c(-c2ccc(O[C@H]3CCC[C@H](OC=O)C3)c(F)c2)nnn1C)C1CCCC1. The van der Waals surface area contributed by atoms with Gasteiger partial charge in [-0.15, -0.1) is 20.4 Å². The fraction of sp³-hybridized carbons (Fsp3) is 0.622. The number of carbonyl (C=O) groups excluding carboxylic acids is 8. The first kappa shape index (κ1) is 109. The predicted octanol–water partition coefficient (Wildman–Crippen LogP) is 15.6. The Bertz CT molecular complexity index is 5490. The van der Waals surface area contributed by atoms with Crippen LogP contribution in [0.2, 0.25) is 0 Å². The summed E-state index contributed by atoms with van der Waals surface area (Å²) in [6, 6.07) is 13.2. The van der Waals surface area contributed by atoms with Crippen molar-refractivity contribution in [3.8, 4) is 68.4 Å². The van der Waals surface area contributed by atoms with Gasteiger partial charge in [-0.25, -0.2) is 43.0 Å². The highest BCUT2D eigenvalue weighted by atomic mass is 19.4. The summed E-state index contributed by atoms with van der Waals surface area (Å²) in [7, 11) is 13.7. The first-order valence-corrected chi connectivity index (χ1v) is 49.6. The van der Waals surface area contributed by atoms with Crippen LogP contribution in [0, 0.1) is 5.82 Å². The molecule has 145 heavy (non-hydrogen) atoms. The molecule has 8 fully saturated rings. The minimum Gasteiger partial charge on any atom is -0.488 e. The Labute approximate surface area is 832 Å². The minimum atomic E-state index is -4.78. The van der Waals surface area contributed by atoms with E-state index in [1.54, 1.807) is 85.7 Å². The second-order valence-electron chi connectivity index (χ2n) is 38.1. The Hall–Kier alpha value is -12.9. The summed E-state index contributed by atoms with van der Waals surface area (Å²) in [6.45, 7) is 1.76. The van der Waals surface area contributed by atoms with Gasteiger partial charge in [0.2, 0.25) is 11.8 Å². The van der Waals surface area contributed by atoms with Crippen LogP contribution in [0.4, 0.5) is 53.5 Å². The highest BCUT2D eigenvalue weighted by molar-refractivity contribution is 5.78. The van der Waals surface area contributed by atoms with E-state index in [1.165, 1.54) is 56.5 Å². The molecular formula is C98H127F10N21O16. The van der Waals surface area contributed by atoms with Gasteiger partial charge in [0.25, 0.3) is 25.9 Å². The van der Waals surface area contributed by atoms with Crippen LogP contribution >= 0.6 is 0 Å². The van der Waals surface area contributed by atoms with E-state index in [1.807, 2.05) is 7.05 Å². The molecule has 6 amide bonds. The Balaban J connectivity index is 0.000000162. The van der Waals surface area contributed by atoms with E-state index in [9.17, 15) is 82.3 Å². The van der Waals surface area contributed by atoms with Crippen LogP contribution < -0.4 is 29.6 Å². The van der Waals surface area contributed by atoms with Gasteiger partial charge >= 0.3 is 30.6 Å². The molecule has 7 aromatic heterocycles. The van der Waals surface area contributed by atoms with E-state index in [2.05, 4.69) is 66.8 Å². The molecule has 1 aromatic carbocycles. The number of ether oxygens (including phenoxy) is 8. The maximum atomic E-state index is 14.9. The number of carbonyl (C=O) groups is 8. The zero-order chi connectivity index (χ0) is 104. The van der Waals surface area contributed by atoms with Crippen LogP contribution in [0.25, 0.3) is 45.4 Å². The van der Waals surface area contributed by atoms with Gasteiger partial charge in [0.1, 0.15) is 71.6 Å². The molecule has 8 aromatic rings. The van der Waals surface area contributed by atoms with Crippen molar-refractivity contribution in [1.29, 1.82) is 0 Å². The number of rotatable bonds is 34. The Kier molecular flexibility index (Phi) is 38.3. The standard InChI is InChI=1S/2C25H32F3N5O4.C24H31F3N6O4.C24H32FN5O4/c1-32(16-6-3-4-7-16)22(35)13-11-20-23(30-31-33(20)2)19-10-12-21(24(29-19)25(26,27)28)37-18-9-5-8-17(14-18)36-15-34;1-32(16-6-3-4-7-16)22(35)13-11-20-23(33(2)31-30-20)19-10-12-21(24(29-19)25(26,27)28)37-18-9-5-8-17(14-18)36-15-34;1-32(15-6-3-4-7-15)23(35)28-13-19-21(30-31-33(19)2)18-10-11-20(22(29-18)24(25,26)27)37-17-9-5-8-16(12-17)36-14-34;1-29(17-6-3-4-7-17)24(32)26-14-21-23(27-28-30(21)2)16-10-11-22(20(25)12-16)34-19-9-5-8-18(13-19)33-15-31/h2*10,12,15-18H,3-9,11,13-14H2,1-2H3;10-11,14-17H,3-9,12-13H2,1-2H3,(H,28,35);10-12,15,17-19H,3-9,13-14H2,1-2H3,(H,26,32)/t2*17-,18-;16-,17-;18-,19-/m0000/s1. The van der Waals surface area contributed by atoms with Gasteiger partial charge in [-0.2, -0.15) is 39.5 Å². The number of urea groups is 2. The van der Waals surface area contributed by atoms with E-state index in [4.69, 9.17) is 37.9 Å². The van der Waals surface area contributed by atoms with Crippen molar-refractivity contribution in [2.75, 3.05) is 28.2 Å². The van der Waals surface area contributed by atoms with Crippen molar-refractivity contribution in [2.24, 2.45) is 28.2 Å². The van der Waals surface area contributed by atoms with Gasteiger partial charge in [0.15, 0.2) is 45.9 Å². The van der Waals surface area contributed by atoms with Gasteiger partial charge in [0, 0.05) is 137 Å². The van der Waals surface area contributed by atoms with Gasteiger partial charge in [-0.05, 0) is 183 Å². The van der Waals surface area contributed by atoms with Crippen LogP contribution in [0.15, 0.2) is 54.6 Å². The maximum absolute atomic E-state index is 14.9. The average Bonchev–Trinajstić information content (AvgIpc) is 1.75. The number of halogens is 10. The summed E-state index contributed by atoms with van der Waals surface area (Å²) < 4.78 is 190. The van der Waals surface area contributed by atoms with Crippen LogP contribution in [-0.4, -0.2) is 245 Å². The molecule has 0 spiro atoms. The molecule has 8 saturated carbocycles. The Morgan fingerprint density at radius 1 is 0.366 bits per heavy atom. The monoisotopic (exact) mass is 2040 g/mol. The smallest absolute Gasteiger partial charge is 0.437 e. The fourth-order valence-corrected chi connectivity index (χ4v) is 20.3. The van der Waals surface area contributed by atoms with Crippen molar-refractivity contribution >= 4 is 49.8 Å². The van der Waals surface area contributed by atoms with Crippen LogP contribution in [-0.2, 0) is 120 Å². The minimum absolute atomic E-state index is 0.00480.